The van der Waals surface area contributed by atoms with Gasteiger partial charge in [0, 0.05) is 68.4 Å². The molecule has 1 unspecified atom stereocenters. The molecule has 2 amide bonds. The fourth-order valence-corrected chi connectivity index (χ4v) is 7.62. The van der Waals surface area contributed by atoms with Gasteiger partial charge in [0.25, 0.3) is 11.5 Å². The number of amides is 2. The van der Waals surface area contributed by atoms with Crippen molar-refractivity contribution in [1.82, 2.24) is 19.3 Å². The molecule has 1 aliphatic carbocycles. The highest BCUT2D eigenvalue weighted by Crippen LogP contribution is 2.41. The maximum Gasteiger partial charge on any atom is 0.256 e. The van der Waals surface area contributed by atoms with Gasteiger partial charge in [-0.3, -0.25) is 14.4 Å². The molecule has 2 aliphatic heterocycles. The van der Waals surface area contributed by atoms with Crippen molar-refractivity contribution in [1.29, 1.82) is 0 Å². The number of rotatable bonds is 8. The van der Waals surface area contributed by atoms with Crippen molar-refractivity contribution >= 4 is 11.8 Å². The molecule has 1 N–H and O–H groups in total. The van der Waals surface area contributed by atoms with Gasteiger partial charge in [0.1, 0.15) is 0 Å². The molecule has 1 aromatic carbocycles. The molecule has 44 heavy (non-hydrogen) atoms. The monoisotopic (exact) mass is 604 g/mol. The van der Waals surface area contributed by atoms with Crippen molar-refractivity contribution in [2.45, 2.75) is 84.8 Å². The largest absolute Gasteiger partial charge is 0.387 e. The van der Waals surface area contributed by atoms with Crippen molar-refractivity contribution in [3.05, 3.63) is 58.5 Å². The van der Waals surface area contributed by atoms with Crippen molar-refractivity contribution < 1.29 is 14.7 Å². The number of hydrogen-bond acceptors (Lipinski definition) is 5. The summed E-state index contributed by atoms with van der Waals surface area (Å²) >= 11 is 0. The van der Waals surface area contributed by atoms with Gasteiger partial charge in [-0.25, -0.2) is 0 Å². The van der Waals surface area contributed by atoms with Gasteiger partial charge in [-0.2, -0.15) is 0 Å². The highest BCUT2D eigenvalue weighted by Gasteiger charge is 2.49. The second-order valence-electron chi connectivity index (χ2n) is 14.2. The molecule has 2 atom stereocenters. The number of likely N-dealkylation sites (N-methyl/N-ethyl adjacent to an activating group) is 1. The first kappa shape index (κ1) is 32.4. The number of nitrogens with zero attached hydrogens (tertiary/aromatic N) is 4. The van der Waals surface area contributed by atoms with Crippen LogP contribution in [0.1, 0.15) is 83.0 Å². The van der Waals surface area contributed by atoms with E-state index >= 15 is 0 Å². The Morgan fingerprint density at radius 3 is 2.30 bits per heavy atom. The van der Waals surface area contributed by atoms with Crippen LogP contribution in [-0.2, 0) is 11.3 Å². The number of piperidine rings is 1. The number of aliphatic hydroxyl groups is 1. The second-order valence-corrected chi connectivity index (χ2v) is 14.2. The average Bonchev–Trinajstić information content (AvgIpc) is 3.03. The third-order valence-corrected chi connectivity index (χ3v) is 10.8. The van der Waals surface area contributed by atoms with Crippen LogP contribution >= 0.6 is 0 Å². The SMILES string of the molecule is CCN1CCN(C(=O)c2cn(CC3(O)CCN(C(=O)[C@H](C)CC4CCCCC4)CC3(C)C)c(=O)cc2-c2ccccc2)CC1. The molecule has 2 aromatic rings. The second kappa shape index (κ2) is 13.6. The standard InChI is InChI=1S/C36H52N4O4/c1-5-37-18-20-38(21-19-37)34(43)31-24-40(32(41)23-30(31)29-14-10-7-11-15-29)26-36(44)16-17-39(25-35(36,3)4)33(42)27(2)22-28-12-8-6-9-13-28/h7,10-11,14-15,23-24,27-28,44H,5-6,8-9,12-13,16-22,25-26H2,1-4H3/t27-,36?/m1/s1. The first-order chi connectivity index (χ1) is 21.0. The zero-order valence-electron chi connectivity index (χ0n) is 27.3. The van der Waals surface area contributed by atoms with Crippen LogP contribution in [0.5, 0.6) is 0 Å². The van der Waals surface area contributed by atoms with E-state index < -0.39 is 11.0 Å². The maximum atomic E-state index is 14.0. The van der Waals surface area contributed by atoms with Gasteiger partial charge in [0.15, 0.2) is 0 Å². The minimum Gasteiger partial charge on any atom is -0.387 e. The molecule has 8 heteroatoms. The van der Waals surface area contributed by atoms with E-state index in [1.165, 1.54) is 36.7 Å². The summed E-state index contributed by atoms with van der Waals surface area (Å²) in [5, 5.41) is 12.1. The van der Waals surface area contributed by atoms with Crippen molar-refractivity contribution in [2.24, 2.45) is 17.3 Å². The average molecular weight is 605 g/mol. The fraction of sp³-hybridized carbons (Fsp3) is 0.639. The summed E-state index contributed by atoms with van der Waals surface area (Å²) < 4.78 is 1.52. The summed E-state index contributed by atoms with van der Waals surface area (Å²) in [6.45, 7) is 13.0. The molecule has 0 bridgehead atoms. The Bertz CT molecular complexity index is 1360. The molecule has 5 rings (SSSR count). The van der Waals surface area contributed by atoms with E-state index in [0.717, 1.165) is 31.6 Å². The fourth-order valence-electron chi connectivity index (χ4n) is 7.62. The zero-order chi connectivity index (χ0) is 31.5. The molecule has 1 saturated carbocycles. The van der Waals surface area contributed by atoms with Gasteiger partial charge in [0.2, 0.25) is 5.91 Å². The normalized spacial score (nSPS) is 23.8. The lowest BCUT2D eigenvalue weighted by molar-refractivity contribution is -0.157. The summed E-state index contributed by atoms with van der Waals surface area (Å²) in [6.07, 6.45) is 9.26. The molecular formula is C36H52N4O4. The Morgan fingerprint density at radius 1 is 0.977 bits per heavy atom. The minimum atomic E-state index is -1.22. The van der Waals surface area contributed by atoms with E-state index in [9.17, 15) is 19.5 Å². The zero-order valence-corrected chi connectivity index (χ0v) is 27.3. The van der Waals surface area contributed by atoms with E-state index in [4.69, 9.17) is 0 Å². The minimum absolute atomic E-state index is 0.0268. The first-order valence-electron chi connectivity index (χ1n) is 16.8. The topological polar surface area (TPSA) is 86.1 Å². The van der Waals surface area contributed by atoms with Crippen LogP contribution in [-0.4, -0.2) is 87.6 Å². The first-order valence-corrected chi connectivity index (χ1v) is 16.8. The number of hydrogen-bond donors (Lipinski definition) is 1. The lowest BCUT2D eigenvalue weighted by Gasteiger charge is -2.51. The summed E-state index contributed by atoms with van der Waals surface area (Å²) in [7, 11) is 0. The molecule has 8 nitrogen and oxygen atoms in total. The van der Waals surface area contributed by atoms with E-state index in [1.807, 2.05) is 54.0 Å². The predicted molar refractivity (Wildman–Crippen MR) is 174 cm³/mol. The van der Waals surface area contributed by atoms with Gasteiger partial charge >= 0.3 is 0 Å². The Kier molecular flexibility index (Phi) is 10.0. The Labute approximate surface area is 263 Å². The van der Waals surface area contributed by atoms with Gasteiger partial charge in [-0.1, -0.05) is 90.1 Å². The smallest absolute Gasteiger partial charge is 0.256 e. The third kappa shape index (κ3) is 6.96. The quantitative estimate of drug-likeness (QED) is 0.464. The third-order valence-electron chi connectivity index (χ3n) is 10.8. The van der Waals surface area contributed by atoms with Gasteiger partial charge < -0.3 is 24.4 Å². The number of carbonyl (C=O) groups excluding carboxylic acids is 2. The summed E-state index contributed by atoms with van der Waals surface area (Å²) in [5.74, 6) is 0.690. The van der Waals surface area contributed by atoms with Gasteiger partial charge in [-0.15, -0.1) is 0 Å². The van der Waals surface area contributed by atoms with Crippen LogP contribution in [0.2, 0.25) is 0 Å². The van der Waals surface area contributed by atoms with Crippen LogP contribution in [0.15, 0.2) is 47.4 Å². The van der Waals surface area contributed by atoms with E-state index in [1.54, 1.807) is 12.3 Å². The van der Waals surface area contributed by atoms with E-state index in [2.05, 4.69) is 18.7 Å². The Hall–Kier alpha value is -2.97. The summed E-state index contributed by atoms with van der Waals surface area (Å²) in [6, 6.07) is 11.1. The number of aromatic nitrogens is 1. The van der Waals surface area contributed by atoms with E-state index in [0.29, 0.717) is 49.6 Å². The van der Waals surface area contributed by atoms with Crippen LogP contribution in [0.4, 0.5) is 0 Å². The lowest BCUT2D eigenvalue weighted by atomic mass is 9.69. The van der Waals surface area contributed by atoms with Crippen molar-refractivity contribution in [2.75, 3.05) is 45.8 Å². The Morgan fingerprint density at radius 2 is 1.66 bits per heavy atom. The number of likely N-dealkylation sites (tertiary alicyclic amines) is 1. The molecule has 2 saturated heterocycles. The summed E-state index contributed by atoms with van der Waals surface area (Å²) in [5.41, 5.74) is -0.203. The van der Waals surface area contributed by atoms with Gasteiger partial charge in [0.05, 0.1) is 17.7 Å². The molecule has 3 heterocycles. The predicted octanol–water partition coefficient (Wildman–Crippen LogP) is 4.89. The molecule has 3 fully saturated rings. The van der Waals surface area contributed by atoms with Crippen LogP contribution in [0, 0.1) is 17.3 Å². The lowest BCUT2D eigenvalue weighted by Crippen LogP contribution is -2.61. The molecule has 0 radical (unpaired) electrons. The highest BCUT2D eigenvalue weighted by molar-refractivity contribution is 6.00. The summed E-state index contributed by atoms with van der Waals surface area (Å²) in [4.78, 5) is 47.2. The van der Waals surface area contributed by atoms with Crippen molar-refractivity contribution in [3.63, 3.8) is 0 Å². The Balaban J connectivity index is 1.36. The number of piperazine rings is 1. The van der Waals surface area contributed by atoms with E-state index in [-0.39, 0.29) is 29.8 Å². The number of pyridine rings is 1. The van der Waals surface area contributed by atoms with Crippen molar-refractivity contribution in [3.8, 4) is 11.1 Å². The molecular weight excluding hydrogens is 552 g/mol. The van der Waals surface area contributed by atoms with Crippen LogP contribution < -0.4 is 5.56 Å². The van der Waals surface area contributed by atoms with Gasteiger partial charge in [-0.05, 0) is 30.9 Å². The van der Waals surface area contributed by atoms with Crippen LogP contribution in [0.25, 0.3) is 11.1 Å². The van der Waals surface area contributed by atoms with Crippen LogP contribution in [0.3, 0.4) is 0 Å². The molecule has 1 aromatic heterocycles. The highest BCUT2D eigenvalue weighted by atomic mass is 16.3. The maximum absolute atomic E-state index is 14.0. The number of carbonyl (C=O) groups is 2. The molecule has 240 valence electrons. The molecule has 3 aliphatic rings. The molecule has 0 spiro atoms. The number of benzene rings is 1.